The minimum Gasteiger partial charge on any atom is -0.326 e. The van der Waals surface area contributed by atoms with Gasteiger partial charge in [-0.1, -0.05) is 41.4 Å². The summed E-state index contributed by atoms with van der Waals surface area (Å²) in [6.45, 7) is 2.32. The van der Waals surface area contributed by atoms with E-state index < -0.39 is 5.92 Å². The number of rotatable bonds is 3. The van der Waals surface area contributed by atoms with Crippen molar-refractivity contribution in [2.24, 2.45) is 5.92 Å². The zero-order chi connectivity index (χ0) is 17.3. The molecule has 0 aliphatic carbocycles. The molecular formula is C18H16Cl2N2O2. The van der Waals surface area contributed by atoms with E-state index in [9.17, 15) is 9.59 Å². The van der Waals surface area contributed by atoms with Crippen molar-refractivity contribution < 1.29 is 9.59 Å². The molecule has 1 aliphatic heterocycles. The topological polar surface area (TPSA) is 49.4 Å². The number of aryl methyl sites for hydroxylation is 1. The van der Waals surface area contributed by atoms with E-state index in [4.69, 9.17) is 23.2 Å². The third-order valence-corrected chi connectivity index (χ3v) is 4.83. The fraction of sp³-hybridized carbons (Fsp3) is 0.222. The van der Waals surface area contributed by atoms with Crippen LogP contribution >= 0.6 is 23.2 Å². The van der Waals surface area contributed by atoms with Gasteiger partial charge in [0, 0.05) is 24.3 Å². The van der Waals surface area contributed by atoms with Gasteiger partial charge in [-0.15, -0.1) is 0 Å². The number of amides is 2. The Labute approximate surface area is 150 Å². The largest absolute Gasteiger partial charge is 0.326 e. The van der Waals surface area contributed by atoms with Crippen LogP contribution in [0.5, 0.6) is 0 Å². The smallest absolute Gasteiger partial charge is 0.229 e. The molecule has 1 fully saturated rings. The van der Waals surface area contributed by atoms with Crippen LogP contribution < -0.4 is 10.2 Å². The summed E-state index contributed by atoms with van der Waals surface area (Å²) in [5.41, 5.74) is 2.43. The number of carbonyl (C=O) groups is 2. The third-order valence-electron chi connectivity index (χ3n) is 4.09. The Morgan fingerprint density at radius 2 is 1.92 bits per heavy atom. The molecule has 124 valence electrons. The van der Waals surface area contributed by atoms with Crippen LogP contribution in [0.1, 0.15) is 12.0 Å². The van der Waals surface area contributed by atoms with Crippen LogP contribution in [0, 0.1) is 12.8 Å². The summed E-state index contributed by atoms with van der Waals surface area (Å²) in [4.78, 5) is 26.4. The molecular weight excluding hydrogens is 347 g/mol. The molecule has 1 saturated heterocycles. The van der Waals surface area contributed by atoms with Gasteiger partial charge in [-0.2, -0.15) is 0 Å². The third kappa shape index (κ3) is 3.40. The van der Waals surface area contributed by atoms with Crippen LogP contribution in [0.2, 0.25) is 10.0 Å². The summed E-state index contributed by atoms with van der Waals surface area (Å²) in [5.74, 6) is -0.636. The Morgan fingerprint density at radius 3 is 2.62 bits per heavy atom. The normalized spacial score (nSPS) is 17.2. The van der Waals surface area contributed by atoms with Gasteiger partial charge in [0.2, 0.25) is 11.8 Å². The summed E-state index contributed by atoms with van der Waals surface area (Å²) in [6.07, 6.45) is 0.196. The molecule has 0 unspecified atom stereocenters. The van der Waals surface area contributed by atoms with Crippen molar-refractivity contribution in [3.63, 3.8) is 0 Å². The van der Waals surface area contributed by atoms with E-state index in [1.54, 1.807) is 23.1 Å². The highest BCUT2D eigenvalue weighted by atomic mass is 35.5. The van der Waals surface area contributed by atoms with E-state index >= 15 is 0 Å². The molecule has 1 aliphatic rings. The number of anilines is 2. The molecule has 2 amide bonds. The highest BCUT2D eigenvalue weighted by molar-refractivity contribution is 6.42. The molecule has 1 atom stereocenters. The molecule has 0 aromatic heterocycles. The standard InChI is InChI=1S/C18H16Cl2N2O2/c1-11-4-2-3-5-16(11)22-10-12(8-17(22)23)18(24)21-13-6-7-14(19)15(20)9-13/h2-7,9,12H,8,10H2,1H3,(H,21,24)/t12-/m1/s1. The zero-order valence-corrected chi connectivity index (χ0v) is 14.6. The first-order valence-corrected chi connectivity index (χ1v) is 8.33. The van der Waals surface area contributed by atoms with Crippen molar-refractivity contribution in [2.75, 3.05) is 16.8 Å². The number of carbonyl (C=O) groups excluding carboxylic acids is 2. The van der Waals surface area contributed by atoms with E-state index in [0.717, 1.165) is 11.3 Å². The average Bonchev–Trinajstić information content (AvgIpc) is 2.93. The van der Waals surface area contributed by atoms with Crippen molar-refractivity contribution in [3.05, 3.63) is 58.1 Å². The van der Waals surface area contributed by atoms with Gasteiger partial charge in [0.15, 0.2) is 0 Å². The lowest BCUT2D eigenvalue weighted by Gasteiger charge is -2.19. The molecule has 0 saturated carbocycles. The number of para-hydroxylation sites is 1. The lowest BCUT2D eigenvalue weighted by molar-refractivity contribution is -0.122. The van der Waals surface area contributed by atoms with Gasteiger partial charge in [-0.05, 0) is 36.8 Å². The van der Waals surface area contributed by atoms with Crippen LogP contribution in [-0.2, 0) is 9.59 Å². The molecule has 6 heteroatoms. The van der Waals surface area contributed by atoms with Crippen molar-refractivity contribution in [1.82, 2.24) is 0 Å². The molecule has 0 radical (unpaired) electrons. The number of hydrogen-bond acceptors (Lipinski definition) is 2. The Hall–Kier alpha value is -2.04. The van der Waals surface area contributed by atoms with E-state index in [0.29, 0.717) is 22.3 Å². The maximum Gasteiger partial charge on any atom is 0.229 e. The number of nitrogens with one attached hydrogen (secondary N) is 1. The van der Waals surface area contributed by atoms with Gasteiger partial charge in [-0.3, -0.25) is 9.59 Å². The van der Waals surface area contributed by atoms with Crippen molar-refractivity contribution in [2.45, 2.75) is 13.3 Å². The molecule has 2 aromatic carbocycles. The Kier molecular flexibility index (Phi) is 4.78. The summed E-state index contributed by atoms with van der Waals surface area (Å²) in [6, 6.07) is 12.6. The SMILES string of the molecule is Cc1ccccc1N1C[C@H](C(=O)Nc2ccc(Cl)c(Cl)c2)CC1=O. The quantitative estimate of drug-likeness (QED) is 0.884. The number of benzene rings is 2. The van der Waals surface area contributed by atoms with Crippen molar-refractivity contribution in [3.8, 4) is 0 Å². The average molecular weight is 363 g/mol. The van der Waals surface area contributed by atoms with Crippen LogP contribution in [0.15, 0.2) is 42.5 Å². The first-order chi connectivity index (χ1) is 11.5. The van der Waals surface area contributed by atoms with E-state index in [-0.39, 0.29) is 18.2 Å². The molecule has 3 rings (SSSR count). The monoisotopic (exact) mass is 362 g/mol. The second kappa shape index (κ2) is 6.83. The summed E-state index contributed by atoms with van der Waals surface area (Å²) < 4.78 is 0. The van der Waals surface area contributed by atoms with E-state index in [1.165, 1.54) is 0 Å². The molecule has 0 bridgehead atoms. The predicted molar refractivity (Wildman–Crippen MR) is 96.7 cm³/mol. The fourth-order valence-electron chi connectivity index (χ4n) is 2.80. The molecule has 4 nitrogen and oxygen atoms in total. The van der Waals surface area contributed by atoms with Crippen LogP contribution in [0.4, 0.5) is 11.4 Å². The van der Waals surface area contributed by atoms with Gasteiger partial charge in [0.25, 0.3) is 0 Å². The second-order valence-corrected chi connectivity index (χ2v) is 6.62. The van der Waals surface area contributed by atoms with Gasteiger partial charge >= 0.3 is 0 Å². The minimum atomic E-state index is -0.397. The van der Waals surface area contributed by atoms with Crippen LogP contribution in [0.25, 0.3) is 0 Å². The summed E-state index contributed by atoms with van der Waals surface area (Å²) in [5, 5.41) is 3.60. The van der Waals surface area contributed by atoms with Crippen molar-refractivity contribution in [1.29, 1.82) is 0 Å². The lowest BCUT2D eigenvalue weighted by atomic mass is 10.1. The van der Waals surface area contributed by atoms with Gasteiger partial charge in [0.1, 0.15) is 0 Å². The second-order valence-electron chi connectivity index (χ2n) is 5.81. The number of nitrogens with zero attached hydrogens (tertiary/aromatic N) is 1. The number of halogens is 2. The molecule has 0 spiro atoms. The molecule has 1 N–H and O–H groups in total. The highest BCUT2D eigenvalue weighted by Gasteiger charge is 2.35. The van der Waals surface area contributed by atoms with E-state index in [1.807, 2.05) is 31.2 Å². The summed E-state index contributed by atoms with van der Waals surface area (Å²) >= 11 is 11.8. The van der Waals surface area contributed by atoms with Crippen molar-refractivity contribution >= 4 is 46.4 Å². The number of hydrogen-bond donors (Lipinski definition) is 1. The Bertz CT molecular complexity index is 807. The summed E-state index contributed by atoms with van der Waals surface area (Å²) in [7, 11) is 0. The zero-order valence-electron chi connectivity index (χ0n) is 13.1. The van der Waals surface area contributed by atoms with Gasteiger partial charge in [-0.25, -0.2) is 0 Å². The Morgan fingerprint density at radius 1 is 1.17 bits per heavy atom. The first kappa shape index (κ1) is 16.8. The minimum absolute atomic E-state index is 0.0430. The van der Waals surface area contributed by atoms with E-state index in [2.05, 4.69) is 5.32 Å². The first-order valence-electron chi connectivity index (χ1n) is 7.57. The maximum absolute atomic E-state index is 12.5. The van der Waals surface area contributed by atoms with Gasteiger partial charge in [0.05, 0.1) is 16.0 Å². The molecule has 2 aromatic rings. The van der Waals surface area contributed by atoms with Crippen LogP contribution in [0.3, 0.4) is 0 Å². The highest BCUT2D eigenvalue weighted by Crippen LogP contribution is 2.29. The predicted octanol–water partition coefficient (Wildman–Crippen LogP) is 4.29. The molecule has 24 heavy (non-hydrogen) atoms. The lowest BCUT2D eigenvalue weighted by Crippen LogP contribution is -2.28. The fourth-order valence-corrected chi connectivity index (χ4v) is 3.10. The Balaban J connectivity index is 1.72. The maximum atomic E-state index is 12.5. The van der Waals surface area contributed by atoms with Crippen LogP contribution in [-0.4, -0.2) is 18.4 Å². The van der Waals surface area contributed by atoms with Gasteiger partial charge < -0.3 is 10.2 Å². The molecule has 1 heterocycles.